The average molecular weight is 556 g/mol. The van der Waals surface area contributed by atoms with E-state index in [9.17, 15) is 9.59 Å². The number of carbonyl (C=O) groups excluding carboxylic acids is 2. The van der Waals surface area contributed by atoms with Gasteiger partial charge in [-0.25, -0.2) is 14.8 Å². The number of pyridine rings is 1. The molecule has 6 rings (SSSR count). The van der Waals surface area contributed by atoms with Gasteiger partial charge < -0.3 is 24.6 Å². The Bertz CT molecular complexity index is 1220. The van der Waals surface area contributed by atoms with Gasteiger partial charge in [-0.05, 0) is 44.2 Å². The second-order valence-corrected chi connectivity index (χ2v) is 11.7. The minimum Gasteiger partial charge on any atom is -0.379 e. The molecule has 0 aromatic carbocycles. The van der Waals surface area contributed by atoms with Crippen LogP contribution in [0.3, 0.4) is 0 Å². The zero-order valence-corrected chi connectivity index (χ0v) is 23.5. The number of morpholine rings is 2. The fraction of sp³-hybridized carbons (Fsp3) is 0.630. The third kappa shape index (κ3) is 5.74. The number of aromatic nitrogens is 2. The summed E-state index contributed by atoms with van der Waals surface area (Å²) in [6.45, 7) is 11.9. The third-order valence-corrected chi connectivity index (χ3v) is 9.17. The molecule has 2 aromatic rings. The molecule has 12 heteroatoms. The lowest BCUT2D eigenvalue weighted by Crippen LogP contribution is -2.42. The van der Waals surface area contributed by atoms with Crippen LogP contribution in [0.15, 0.2) is 6.07 Å². The maximum absolute atomic E-state index is 13.6. The molecule has 0 radical (unpaired) electrons. The first-order valence-corrected chi connectivity index (χ1v) is 14.8. The van der Waals surface area contributed by atoms with E-state index >= 15 is 0 Å². The number of ether oxygens (including phenoxy) is 2. The van der Waals surface area contributed by atoms with E-state index in [1.807, 2.05) is 17.9 Å². The number of urea groups is 1. The van der Waals surface area contributed by atoms with Crippen LogP contribution in [0.25, 0.3) is 10.6 Å². The van der Waals surface area contributed by atoms with Crippen LogP contribution in [0.4, 0.5) is 15.7 Å². The summed E-state index contributed by atoms with van der Waals surface area (Å²) in [6, 6.07) is 2.01. The normalized spacial score (nSPS) is 20.7. The van der Waals surface area contributed by atoms with Crippen LogP contribution in [-0.4, -0.2) is 103 Å². The number of aryl methyl sites for hydroxylation is 1. The van der Waals surface area contributed by atoms with E-state index < -0.39 is 0 Å². The Balaban J connectivity index is 1.20. The fourth-order valence-corrected chi connectivity index (χ4v) is 6.53. The van der Waals surface area contributed by atoms with Gasteiger partial charge in [-0.3, -0.25) is 15.0 Å². The van der Waals surface area contributed by atoms with Crippen LogP contribution >= 0.6 is 11.3 Å². The van der Waals surface area contributed by atoms with E-state index in [0.29, 0.717) is 50.4 Å². The van der Waals surface area contributed by atoms with Crippen molar-refractivity contribution < 1.29 is 19.1 Å². The molecule has 3 aliphatic heterocycles. The second-order valence-electron chi connectivity index (χ2n) is 10.7. The molecule has 5 heterocycles. The van der Waals surface area contributed by atoms with Gasteiger partial charge in [0.2, 0.25) is 0 Å². The Morgan fingerprint density at radius 2 is 1.85 bits per heavy atom. The Kier molecular flexibility index (Phi) is 7.70. The number of fused-ring (bicyclic) bond motifs is 1. The summed E-state index contributed by atoms with van der Waals surface area (Å²) in [5.74, 6) is 1.42. The van der Waals surface area contributed by atoms with Crippen LogP contribution < -0.4 is 15.5 Å². The molecule has 11 nitrogen and oxygen atoms in total. The predicted molar refractivity (Wildman–Crippen MR) is 149 cm³/mol. The lowest BCUT2D eigenvalue weighted by molar-refractivity contribution is 0.0388. The molecule has 1 aliphatic carbocycles. The van der Waals surface area contributed by atoms with Crippen LogP contribution in [0, 0.1) is 12.8 Å². The van der Waals surface area contributed by atoms with Gasteiger partial charge in [-0.15, -0.1) is 0 Å². The van der Waals surface area contributed by atoms with Crippen LogP contribution in [-0.2, 0) is 16.0 Å². The van der Waals surface area contributed by atoms with Crippen molar-refractivity contribution in [2.45, 2.75) is 39.3 Å². The maximum atomic E-state index is 13.6. The molecular weight excluding hydrogens is 518 g/mol. The summed E-state index contributed by atoms with van der Waals surface area (Å²) in [5, 5.41) is 6.34. The zero-order chi connectivity index (χ0) is 26.9. The lowest BCUT2D eigenvalue weighted by atomic mass is 10.1. The van der Waals surface area contributed by atoms with Crippen molar-refractivity contribution in [3.63, 3.8) is 0 Å². The largest absolute Gasteiger partial charge is 0.379 e. The third-order valence-electron chi connectivity index (χ3n) is 8.07. The molecule has 3 fully saturated rings. The lowest BCUT2D eigenvalue weighted by Gasteiger charge is -2.29. The highest BCUT2D eigenvalue weighted by Crippen LogP contribution is 2.42. The minimum absolute atomic E-state index is 0.0853. The van der Waals surface area contributed by atoms with Gasteiger partial charge in [-0.1, -0.05) is 11.3 Å². The van der Waals surface area contributed by atoms with Gasteiger partial charge in [0.1, 0.15) is 5.82 Å². The van der Waals surface area contributed by atoms with Crippen molar-refractivity contribution in [1.82, 2.24) is 25.1 Å². The highest BCUT2D eigenvalue weighted by atomic mass is 32.1. The van der Waals surface area contributed by atoms with Crippen molar-refractivity contribution in [3.8, 4) is 10.6 Å². The van der Waals surface area contributed by atoms with Gasteiger partial charge in [0.05, 0.1) is 48.3 Å². The highest BCUT2D eigenvalue weighted by molar-refractivity contribution is 7.19. The van der Waals surface area contributed by atoms with Crippen molar-refractivity contribution in [1.29, 1.82) is 0 Å². The van der Waals surface area contributed by atoms with Crippen molar-refractivity contribution in [2.24, 2.45) is 5.92 Å². The van der Waals surface area contributed by atoms with Crippen molar-refractivity contribution in [3.05, 3.63) is 22.9 Å². The van der Waals surface area contributed by atoms with Gasteiger partial charge in [0, 0.05) is 51.9 Å². The summed E-state index contributed by atoms with van der Waals surface area (Å²) < 4.78 is 11.0. The molecule has 1 saturated carbocycles. The van der Waals surface area contributed by atoms with Crippen LogP contribution in [0.2, 0.25) is 0 Å². The maximum Gasteiger partial charge on any atom is 0.321 e. The summed E-state index contributed by atoms with van der Waals surface area (Å²) in [7, 11) is 0. The van der Waals surface area contributed by atoms with Gasteiger partial charge in [0.25, 0.3) is 5.91 Å². The minimum atomic E-state index is -0.269. The SMILES string of the molecule is Cc1nc(NC(=O)NCCN2CCOCC2)sc1-c1cc2c(c(N3CCOCC3)n1)C(=O)N([C@@H](C)C1CC1)C2. The Hall–Kier alpha value is -2.80. The zero-order valence-electron chi connectivity index (χ0n) is 22.7. The van der Waals surface area contributed by atoms with E-state index in [0.717, 1.165) is 66.1 Å². The number of rotatable bonds is 8. The number of anilines is 2. The first-order chi connectivity index (χ1) is 19.0. The van der Waals surface area contributed by atoms with Gasteiger partial charge in [-0.2, -0.15) is 0 Å². The van der Waals surface area contributed by atoms with E-state index in [1.54, 1.807) is 0 Å². The molecule has 0 unspecified atom stereocenters. The molecular formula is C27H37N7O4S. The average Bonchev–Trinajstić information content (AvgIpc) is 3.66. The molecule has 0 spiro atoms. The van der Waals surface area contributed by atoms with Gasteiger partial charge in [0.15, 0.2) is 5.13 Å². The summed E-state index contributed by atoms with van der Waals surface area (Å²) in [6.07, 6.45) is 2.38. The monoisotopic (exact) mass is 555 g/mol. The number of nitrogens with zero attached hydrogens (tertiary/aromatic N) is 5. The van der Waals surface area contributed by atoms with Crippen LogP contribution in [0.1, 0.15) is 41.4 Å². The highest BCUT2D eigenvalue weighted by Gasteiger charge is 2.41. The topological polar surface area (TPSA) is 112 Å². The molecule has 210 valence electrons. The van der Waals surface area contributed by atoms with E-state index in [2.05, 4.69) is 32.3 Å². The molecule has 4 aliphatic rings. The second kappa shape index (κ2) is 11.4. The first kappa shape index (κ1) is 26.4. The Morgan fingerprint density at radius 1 is 1.13 bits per heavy atom. The Labute approximate surface area is 232 Å². The standard InChI is InChI=1S/C27H37N7O4S/c1-17-23(39-27(29-17)31-26(36)28-5-6-32-7-11-37-12-8-32)21-15-20-16-34(18(2)19-3-4-19)25(35)22(20)24(30-21)33-9-13-38-14-10-33/h15,18-19H,3-14,16H2,1-2H3,(H2,28,29,31,36)/t18-/m0/s1. The number of carbonyl (C=O) groups is 2. The number of nitrogens with one attached hydrogen (secondary N) is 2. The molecule has 3 amide bonds. The van der Waals surface area contributed by atoms with Crippen molar-refractivity contribution in [2.75, 3.05) is 75.9 Å². The number of amides is 3. The fourth-order valence-electron chi connectivity index (χ4n) is 5.60. The molecule has 2 aromatic heterocycles. The predicted octanol–water partition coefficient (Wildman–Crippen LogP) is 2.56. The van der Waals surface area contributed by atoms with Crippen LogP contribution in [0.5, 0.6) is 0 Å². The quantitative estimate of drug-likeness (QED) is 0.511. The van der Waals surface area contributed by atoms with Crippen molar-refractivity contribution >= 4 is 34.2 Å². The summed E-state index contributed by atoms with van der Waals surface area (Å²) in [5.41, 5.74) is 3.34. The first-order valence-electron chi connectivity index (χ1n) is 14.0. The molecule has 2 saturated heterocycles. The molecule has 1 atom stereocenters. The van der Waals surface area contributed by atoms with E-state index in [-0.39, 0.29) is 18.0 Å². The summed E-state index contributed by atoms with van der Waals surface area (Å²) >= 11 is 1.41. The smallest absolute Gasteiger partial charge is 0.321 e. The number of hydrogen-bond acceptors (Lipinski definition) is 9. The molecule has 0 bridgehead atoms. The van der Waals surface area contributed by atoms with E-state index in [1.165, 1.54) is 24.2 Å². The number of thiazole rings is 1. The molecule has 39 heavy (non-hydrogen) atoms. The summed E-state index contributed by atoms with van der Waals surface area (Å²) in [4.78, 5) is 43.2. The van der Waals surface area contributed by atoms with E-state index in [4.69, 9.17) is 14.5 Å². The number of hydrogen-bond donors (Lipinski definition) is 2. The van der Waals surface area contributed by atoms with Gasteiger partial charge >= 0.3 is 6.03 Å². The Morgan fingerprint density at radius 3 is 2.56 bits per heavy atom. The molecule has 2 N–H and O–H groups in total.